The summed E-state index contributed by atoms with van der Waals surface area (Å²) in [5.74, 6) is -0.590. The van der Waals surface area contributed by atoms with Crippen LogP contribution in [0.25, 0.3) is 0 Å². The molecule has 1 heterocycles. The van der Waals surface area contributed by atoms with E-state index in [9.17, 15) is 18.0 Å². The summed E-state index contributed by atoms with van der Waals surface area (Å²) >= 11 is 0. The normalized spacial score (nSPS) is 12.4. The molecular weight excluding hydrogens is 373 g/mol. The van der Waals surface area contributed by atoms with Gasteiger partial charge >= 0.3 is 6.36 Å². The Hall–Kier alpha value is -3.36. The Morgan fingerprint density at radius 3 is 2.39 bits per heavy atom. The maximum atomic E-state index is 12.4. The van der Waals surface area contributed by atoms with E-state index in [2.05, 4.69) is 20.1 Å². The third kappa shape index (κ3) is 5.32. The number of hydrogen-bond acceptors (Lipinski definition) is 4. The van der Waals surface area contributed by atoms with Crippen LogP contribution in [0.15, 0.2) is 61.2 Å². The molecule has 0 aliphatic rings. The van der Waals surface area contributed by atoms with Crippen LogP contribution in [0.2, 0.25) is 0 Å². The number of alkyl halides is 3. The van der Waals surface area contributed by atoms with Crippen LogP contribution in [0.3, 0.4) is 0 Å². The molecule has 1 atom stereocenters. The van der Waals surface area contributed by atoms with Crippen LogP contribution in [-0.2, 0) is 6.54 Å². The lowest BCUT2D eigenvalue weighted by Crippen LogP contribution is -2.26. The Balaban J connectivity index is 1.59. The monoisotopic (exact) mass is 390 g/mol. The van der Waals surface area contributed by atoms with Gasteiger partial charge in [0.2, 0.25) is 0 Å². The standard InChI is InChI=1S/C19H17F3N4O2/c1-13(15-6-8-17(9-7-15)28-19(20,21)22)25-18(27)16-4-2-14(3-5-16)10-26-12-23-11-24-26/h2-9,11-13H,10H2,1H3,(H,25,27). The van der Waals surface area contributed by atoms with Crippen LogP contribution in [0.5, 0.6) is 5.75 Å². The minimum atomic E-state index is -4.73. The Morgan fingerprint density at radius 1 is 1.14 bits per heavy atom. The molecule has 1 aromatic heterocycles. The molecule has 0 radical (unpaired) electrons. The van der Waals surface area contributed by atoms with Crippen LogP contribution in [0.1, 0.15) is 34.5 Å². The Morgan fingerprint density at radius 2 is 1.82 bits per heavy atom. The first kappa shape index (κ1) is 19.4. The third-order valence-corrected chi connectivity index (χ3v) is 3.99. The largest absolute Gasteiger partial charge is 0.573 e. The minimum Gasteiger partial charge on any atom is -0.406 e. The van der Waals surface area contributed by atoms with E-state index in [4.69, 9.17) is 0 Å². The van der Waals surface area contributed by atoms with Gasteiger partial charge in [0, 0.05) is 5.56 Å². The number of amides is 1. The van der Waals surface area contributed by atoms with Crippen molar-refractivity contribution in [2.75, 3.05) is 0 Å². The van der Waals surface area contributed by atoms with Crippen LogP contribution in [0, 0.1) is 0 Å². The van der Waals surface area contributed by atoms with Gasteiger partial charge in [0.15, 0.2) is 0 Å². The van der Waals surface area contributed by atoms with Gasteiger partial charge in [0.25, 0.3) is 5.91 Å². The zero-order chi connectivity index (χ0) is 20.1. The Labute approximate surface area is 159 Å². The van der Waals surface area contributed by atoms with Gasteiger partial charge < -0.3 is 10.1 Å². The number of carbonyl (C=O) groups is 1. The fourth-order valence-corrected chi connectivity index (χ4v) is 2.58. The van der Waals surface area contributed by atoms with Gasteiger partial charge in [-0.1, -0.05) is 24.3 Å². The molecule has 0 saturated carbocycles. The molecule has 0 aliphatic carbocycles. The predicted molar refractivity (Wildman–Crippen MR) is 94.6 cm³/mol. The summed E-state index contributed by atoms with van der Waals surface area (Å²) in [6.45, 7) is 2.29. The molecule has 0 aliphatic heterocycles. The SMILES string of the molecule is CC(NC(=O)c1ccc(Cn2cncn2)cc1)c1ccc(OC(F)(F)F)cc1. The van der Waals surface area contributed by atoms with Crippen molar-refractivity contribution in [2.45, 2.75) is 25.9 Å². The van der Waals surface area contributed by atoms with Crippen molar-refractivity contribution in [1.82, 2.24) is 20.1 Å². The van der Waals surface area contributed by atoms with E-state index in [1.165, 1.54) is 30.6 Å². The van der Waals surface area contributed by atoms with Crippen molar-refractivity contribution in [3.63, 3.8) is 0 Å². The number of nitrogens with one attached hydrogen (secondary N) is 1. The molecule has 146 valence electrons. The first-order valence-electron chi connectivity index (χ1n) is 8.38. The van der Waals surface area contributed by atoms with E-state index in [0.29, 0.717) is 17.7 Å². The lowest BCUT2D eigenvalue weighted by molar-refractivity contribution is -0.274. The molecular formula is C19H17F3N4O2. The minimum absolute atomic E-state index is 0.282. The molecule has 1 amide bonds. The number of aromatic nitrogens is 3. The highest BCUT2D eigenvalue weighted by molar-refractivity contribution is 5.94. The molecule has 3 aromatic rings. The van der Waals surface area contributed by atoms with Crippen LogP contribution in [0.4, 0.5) is 13.2 Å². The van der Waals surface area contributed by atoms with Crippen molar-refractivity contribution in [3.05, 3.63) is 77.9 Å². The predicted octanol–water partition coefficient (Wildman–Crippen LogP) is 3.72. The molecule has 1 N–H and O–H groups in total. The summed E-state index contributed by atoms with van der Waals surface area (Å²) in [6, 6.07) is 12.1. The van der Waals surface area contributed by atoms with Gasteiger partial charge in [-0.3, -0.25) is 4.79 Å². The van der Waals surface area contributed by atoms with Gasteiger partial charge in [-0.2, -0.15) is 5.10 Å². The second-order valence-electron chi connectivity index (χ2n) is 6.10. The summed E-state index contributed by atoms with van der Waals surface area (Å²) in [5.41, 5.74) is 2.10. The van der Waals surface area contributed by atoms with E-state index in [0.717, 1.165) is 5.56 Å². The first-order chi connectivity index (χ1) is 13.3. The maximum Gasteiger partial charge on any atom is 0.573 e. The summed E-state index contributed by atoms with van der Waals surface area (Å²) in [5, 5.41) is 6.84. The average Bonchev–Trinajstić information content (AvgIpc) is 3.14. The van der Waals surface area contributed by atoms with Gasteiger partial charge in [-0.25, -0.2) is 9.67 Å². The lowest BCUT2D eigenvalue weighted by Gasteiger charge is -2.15. The first-order valence-corrected chi connectivity index (χ1v) is 8.38. The topological polar surface area (TPSA) is 69.0 Å². The number of ether oxygens (including phenoxy) is 1. The zero-order valence-electron chi connectivity index (χ0n) is 14.8. The molecule has 2 aromatic carbocycles. The number of halogens is 3. The fraction of sp³-hybridized carbons (Fsp3) is 0.211. The van der Waals surface area contributed by atoms with Gasteiger partial charge in [0.1, 0.15) is 18.4 Å². The van der Waals surface area contributed by atoms with Crippen LogP contribution >= 0.6 is 0 Å². The van der Waals surface area contributed by atoms with E-state index in [-0.39, 0.29) is 17.7 Å². The molecule has 0 spiro atoms. The summed E-state index contributed by atoms with van der Waals surface area (Å²) < 4.78 is 42.1. The van der Waals surface area contributed by atoms with Crippen molar-refractivity contribution >= 4 is 5.91 Å². The van der Waals surface area contributed by atoms with Gasteiger partial charge in [-0.15, -0.1) is 13.2 Å². The molecule has 0 saturated heterocycles. The Kier molecular flexibility index (Phi) is 5.62. The maximum absolute atomic E-state index is 12.4. The second-order valence-corrected chi connectivity index (χ2v) is 6.10. The Bertz CT molecular complexity index is 908. The van der Waals surface area contributed by atoms with E-state index >= 15 is 0 Å². The van der Waals surface area contributed by atoms with Crippen molar-refractivity contribution < 1.29 is 22.7 Å². The summed E-state index contributed by atoms with van der Waals surface area (Å²) in [4.78, 5) is 16.3. The van der Waals surface area contributed by atoms with Crippen LogP contribution < -0.4 is 10.1 Å². The van der Waals surface area contributed by atoms with Gasteiger partial charge in [0.05, 0.1) is 12.6 Å². The highest BCUT2D eigenvalue weighted by Crippen LogP contribution is 2.24. The van der Waals surface area contributed by atoms with E-state index < -0.39 is 6.36 Å². The number of nitrogens with zero attached hydrogens (tertiary/aromatic N) is 3. The number of benzene rings is 2. The van der Waals surface area contributed by atoms with Crippen molar-refractivity contribution in [1.29, 1.82) is 0 Å². The smallest absolute Gasteiger partial charge is 0.406 e. The molecule has 0 fully saturated rings. The van der Waals surface area contributed by atoms with Crippen molar-refractivity contribution in [3.8, 4) is 5.75 Å². The summed E-state index contributed by atoms with van der Waals surface area (Å²) in [6.07, 6.45) is -1.68. The molecule has 0 bridgehead atoms. The zero-order valence-corrected chi connectivity index (χ0v) is 14.8. The van der Waals surface area contributed by atoms with E-state index in [1.54, 1.807) is 30.1 Å². The molecule has 9 heteroatoms. The summed E-state index contributed by atoms with van der Waals surface area (Å²) in [7, 11) is 0. The molecule has 3 rings (SSSR count). The van der Waals surface area contributed by atoms with Gasteiger partial charge in [-0.05, 0) is 42.3 Å². The lowest BCUT2D eigenvalue weighted by atomic mass is 10.1. The number of carbonyl (C=O) groups excluding carboxylic acids is 1. The average molecular weight is 390 g/mol. The third-order valence-electron chi connectivity index (χ3n) is 3.99. The number of hydrogen-bond donors (Lipinski definition) is 1. The van der Waals surface area contributed by atoms with Crippen LogP contribution in [-0.4, -0.2) is 27.0 Å². The second kappa shape index (κ2) is 8.12. The quantitative estimate of drug-likeness (QED) is 0.697. The molecule has 6 nitrogen and oxygen atoms in total. The highest BCUT2D eigenvalue weighted by atomic mass is 19.4. The van der Waals surface area contributed by atoms with Crippen molar-refractivity contribution in [2.24, 2.45) is 0 Å². The fourth-order valence-electron chi connectivity index (χ4n) is 2.58. The number of rotatable bonds is 6. The molecule has 1 unspecified atom stereocenters. The molecule has 28 heavy (non-hydrogen) atoms. The van der Waals surface area contributed by atoms with E-state index in [1.807, 2.05) is 12.1 Å². The highest BCUT2D eigenvalue weighted by Gasteiger charge is 2.31.